The highest BCUT2D eigenvalue weighted by atomic mass is 16.5. The molecule has 0 bridgehead atoms. The van der Waals surface area contributed by atoms with Gasteiger partial charge in [0.15, 0.2) is 0 Å². The number of carbonyl (C=O) groups is 2. The first-order valence-corrected chi connectivity index (χ1v) is 9.91. The lowest BCUT2D eigenvalue weighted by Gasteiger charge is -2.46. The molecule has 1 saturated carbocycles. The summed E-state index contributed by atoms with van der Waals surface area (Å²) in [6, 6.07) is 7.88. The van der Waals surface area contributed by atoms with Gasteiger partial charge in [-0.2, -0.15) is 0 Å². The molecule has 1 N–H and O–H groups in total. The van der Waals surface area contributed by atoms with E-state index in [1.165, 1.54) is 0 Å². The van der Waals surface area contributed by atoms with Crippen molar-refractivity contribution < 1.29 is 19.4 Å². The number of methoxy groups -OCH3 is 1. The average molecular weight is 372 g/mol. The second-order valence-corrected chi connectivity index (χ2v) is 8.20. The van der Waals surface area contributed by atoms with Crippen molar-refractivity contribution in [2.24, 2.45) is 5.92 Å². The molecule has 1 spiro atoms. The fourth-order valence-electron chi connectivity index (χ4n) is 4.75. The lowest BCUT2D eigenvalue weighted by Crippen LogP contribution is -2.55. The van der Waals surface area contributed by atoms with Crippen LogP contribution in [0.15, 0.2) is 24.3 Å². The molecule has 0 atom stereocenters. The zero-order valence-corrected chi connectivity index (χ0v) is 15.9. The van der Waals surface area contributed by atoms with Crippen molar-refractivity contribution in [3.63, 3.8) is 0 Å². The molecule has 2 aliphatic heterocycles. The highest BCUT2D eigenvalue weighted by Gasteiger charge is 2.48. The van der Waals surface area contributed by atoms with E-state index in [9.17, 15) is 14.7 Å². The van der Waals surface area contributed by atoms with Gasteiger partial charge in [0.25, 0.3) is 0 Å². The quantitative estimate of drug-likeness (QED) is 0.877. The Bertz CT molecular complexity index is 703. The molecule has 1 aromatic rings. The van der Waals surface area contributed by atoms with E-state index in [0.717, 1.165) is 30.6 Å². The van der Waals surface area contributed by atoms with Crippen molar-refractivity contribution in [1.29, 1.82) is 0 Å². The molecule has 4 rings (SSSR count). The molecule has 6 nitrogen and oxygen atoms in total. The Morgan fingerprint density at radius 3 is 2.44 bits per heavy atom. The normalized spacial score (nSPS) is 27.0. The van der Waals surface area contributed by atoms with Crippen molar-refractivity contribution in [3.8, 4) is 5.75 Å². The summed E-state index contributed by atoms with van der Waals surface area (Å²) in [5.74, 6) is 1.21. The Morgan fingerprint density at radius 1 is 1.19 bits per heavy atom. The van der Waals surface area contributed by atoms with E-state index >= 15 is 0 Å². The third-order valence-corrected chi connectivity index (χ3v) is 6.65. The Morgan fingerprint density at radius 2 is 1.85 bits per heavy atom. The highest BCUT2D eigenvalue weighted by Crippen LogP contribution is 2.41. The first-order chi connectivity index (χ1) is 13.0. The third-order valence-electron chi connectivity index (χ3n) is 6.65. The van der Waals surface area contributed by atoms with Gasteiger partial charge >= 0.3 is 0 Å². The van der Waals surface area contributed by atoms with Crippen molar-refractivity contribution in [2.45, 2.75) is 56.7 Å². The number of nitrogens with zero attached hydrogens (tertiary/aromatic N) is 2. The van der Waals surface area contributed by atoms with E-state index in [1.54, 1.807) is 7.11 Å². The lowest BCUT2D eigenvalue weighted by molar-refractivity contribution is -0.145. The first-order valence-electron chi connectivity index (χ1n) is 9.91. The number of aliphatic hydroxyl groups excluding tert-OH is 1. The van der Waals surface area contributed by atoms with Gasteiger partial charge in [-0.25, -0.2) is 0 Å². The van der Waals surface area contributed by atoms with Crippen LogP contribution in [0.25, 0.3) is 0 Å². The molecule has 3 fully saturated rings. The molecule has 27 heavy (non-hydrogen) atoms. The molecule has 6 heteroatoms. The van der Waals surface area contributed by atoms with Gasteiger partial charge in [-0.1, -0.05) is 12.1 Å². The fourth-order valence-corrected chi connectivity index (χ4v) is 4.75. The maximum Gasteiger partial charge on any atom is 0.225 e. The highest BCUT2D eigenvalue weighted by molar-refractivity contribution is 5.81. The van der Waals surface area contributed by atoms with E-state index < -0.39 is 0 Å². The van der Waals surface area contributed by atoms with Crippen LogP contribution in [-0.4, -0.2) is 58.6 Å². The molecule has 0 aromatic heterocycles. The number of benzene rings is 1. The second kappa shape index (κ2) is 7.15. The van der Waals surface area contributed by atoms with Crippen LogP contribution in [0.4, 0.5) is 0 Å². The summed E-state index contributed by atoms with van der Waals surface area (Å²) in [5, 5.41) is 9.45. The zero-order valence-electron chi connectivity index (χ0n) is 15.9. The molecule has 2 amide bonds. The minimum atomic E-state index is -0.303. The van der Waals surface area contributed by atoms with Crippen molar-refractivity contribution >= 4 is 11.8 Å². The SMILES string of the molecule is COc1ccc(CN2C(=O)CCC23CCN(C(=O)C2CC(O)C2)CC3)cc1. The number of carbonyl (C=O) groups excluding carboxylic acids is 2. The molecule has 0 radical (unpaired) electrons. The summed E-state index contributed by atoms with van der Waals surface area (Å²) >= 11 is 0. The van der Waals surface area contributed by atoms with Gasteiger partial charge in [0, 0.05) is 37.5 Å². The van der Waals surface area contributed by atoms with Crippen LogP contribution in [0, 0.1) is 5.92 Å². The van der Waals surface area contributed by atoms with Crippen LogP contribution in [0.5, 0.6) is 5.75 Å². The number of hydrogen-bond donors (Lipinski definition) is 1. The fraction of sp³-hybridized carbons (Fsp3) is 0.619. The average Bonchev–Trinajstić information content (AvgIpc) is 2.96. The molecular formula is C21H28N2O4. The number of ether oxygens (including phenoxy) is 1. The molecule has 0 unspecified atom stereocenters. The molecule has 1 aromatic carbocycles. The standard InChI is InChI=1S/C21H28N2O4/c1-27-18-4-2-15(3-5-18)14-23-19(25)6-7-21(23)8-10-22(11-9-21)20(26)16-12-17(24)13-16/h2-5,16-17,24H,6-14H2,1H3. The number of piperidine rings is 1. The number of aliphatic hydroxyl groups is 1. The Balaban J connectivity index is 1.41. The molecular weight excluding hydrogens is 344 g/mol. The molecule has 3 aliphatic rings. The van der Waals surface area contributed by atoms with Gasteiger partial charge < -0.3 is 19.6 Å². The zero-order chi connectivity index (χ0) is 19.0. The van der Waals surface area contributed by atoms with Crippen LogP contribution < -0.4 is 4.74 Å². The predicted molar refractivity (Wildman–Crippen MR) is 100 cm³/mol. The van der Waals surface area contributed by atoms with Gasteiger partial charge in [0.1, 0.15) is 5.75 Å². The predicted octanol–water partition coefficient (Wildman–Crippen LogP) is 1.95. The smallest absolute Gasteiger partial charge is 0.225 e. The van der Waals surface area contributed by atoms with Crippen LogP contribution >= 0.6 is 0 Å². The van der Waals surface area contributed by atoms with E-state index in [1.807, 2.05) is 34.1 Å². The van der Waals surface area contributed by atoms with Gasteiger partial charge in [0.2, 0.25) is 11.8 Å². The van der Waals surface area contributed by atoms with Crippen molar-refractivity contribution in [1.82, 2.24) is 9.80 Å². The molecule has 2 saturated heterocycles. The van der Waals surface area contributed by atoms with E-state index in [2.05, 4.69) is 0 Å². The first kappa shape index (κ1) is 18.3. The molecule has 146 valence electrons. The van der Waals surface area contributed by atoms with Crippen molar-refractivity contribution in [3.05, 3.63) is 29.8 Å². The van der Waals surface area contributed by atoms with Crippen LogP contribution in [-0.2, 0) is 16.1 Å². The monoisotopic (exact) mass is 372 g/mol. The number of rotatable bonds is 4. The summed E-state index contributed by atoms with van der Waals surface area (Å²) in [6.45, 7) is 2.03. The largest absolute Gasteiger partial charge is 0.497 e. The third kappa shape index (κ3) is 3.43. The maximum atomic E-state index is 12.6. The Hall–Kier alpha value is -2.08. The van der Waals surface area contributed by atoms with Crippen LogP contribution in [0.1, 0.15) is 44.1 Å². The lowest BCUT2D eigenvalue weighted by atomic mass is 9.79. The van der Waals surface area contributed by atoms with Crippen LogP contribution in [0.2, 0.25) is 0 Å². The topological polar surface area (TPSA) is 70.1 Å². The summed E-state index contributed by atoms with van der Waals surface area (Å²) in [7, 11) is 1.65. The van der Waals surface area contributed by atoms with Gasteiger partial charge in [-0.15, -0.1) is 0 Å². The van der Waals surface area contributed by atoms with Gasteiger partial charge in [-0.05, 0) is 49.8 Å². The van der Waals surface area contributed by atoms with E-state index in [0.29, 0.717) is 38.9 Å². The maximum absolute atomic E-state index is 12.6. The summed E-state index contributed by atoms with van der Waals surface area (Å²) in [5.41, 5.74) is 0.986. The number of amides is 2. The van der Waals surface area contributed by atoms with Gasteiger partial charge in [0.05, 0.1) is 13.2 Å². The molecule has 2 heterocycles. The minimum absolute atomic E-state index is 0.00494. The Labute approximate surface area is 160 Å². The second-order valence-electron chi connectivity index (χ2n) is 8.20. The van der Waals surface area contributed by atoms with E-state index in [-0.39, 0.29) is 29.4 Å². The Kier molecular flexibility index (Phi) is 4.84. The van der Waals surface area contributed by atoms with Crippen LogP contribution in [0.3, 0.4) is 0 Å². The minimum Gasteiger partial charge on any atom is -0.497 e. The summed E-state index contributed by atoms with van der Waals surface area (Å²) in [6.07, 6.45) is 4.06. The van der Waals surface area contributed by atoms with Crippen molar-refractivity contribution in [2.75, 3.05) is 20.2 Å². The van der Waals surface area contributed by atoms with Gasteiger partial charge in [-0.3, -0.25) is 9.59 Å². The molecule has 1 aliphatic carbocycles. The number of likely N-dealkylation sites (tertiary alicyclic amines) is 2. The summed E-state index contributed by atoms with van der Waals surface area (Å²) in [4.78, 5) is 29.1. The van der Waals surface area contributed by atoms with E-state index in [4.69, 9.17) is 4.74 Å². The number of hydrogen-bond acceptors (Lipinski definition) is 4. The summed E-state index contributed by atoms with van der Waals surface area (Å²) < 4.78 is 5.21.